The van der Waals surface area contributed by atoms with Crippen molar-refractivity contribution in [3.63, 3.8) is 0 Å². The molecule has 0 radical (unpaired) electrons. The number of para-hydroxylation sites is 1. The first-order valence-electron chi connectivity index (χ1n) is 9.47. The molecule has 0 N–H and O–H groups in total. The lowest BCUT2D eigenvalue weighted by Gasteiger charge is -2.31. The highest BCUT2D eigenvalue weighted by atomic mass is 35.5. The van der Waals surface area contributed by atoms with Gasteiger partial charge in [0.15, 0.2) is 5.15 Å². The zero-order valence-electron chi connectivity index (χ0n) is 15.3. The van der Waals surface area contributed by atoms with Crippen LogP contribution in [0.1, 0.15) is 18.4 Å². The van der Waals surface area contributed by atoms with E-state index in [1.54, 1.807) is 6.20 Å². The Hall–Kier alpha value is -2.30. The molecule has 0 amide bonds. The summed E-state index contributed by atoms with van der Waals surface area (Å²) in [6.45, 7) is 3.93. The van der Waals surface area contributed by atoms with Crippen molar-refractivity contribution in [2.75, 3.05) is 19.7 Å². The second-order valence-corrected chi connectivity index (χ2v) is 7.46. The Balaban J connectivity index is 1.31. The van der Waals surface area contributed by atoms with E-state index < -0.39 is 0 Å². The number of hydrogen-bond donors (Lipinski definition) is 0. The first-order valence-corrected chi connectivity index (χ1v) is 9.85. The highest BCUT2D eigenvalue weighted by Crippen LogP contribution is 2.24. The predicted octanol–water partition coefficient (Wildman–Crippen LogP) is 4.82. The van der Waals surface area contributed by atoms with E-state index in [2.05, 4.69) is 40.2 Å². The lowest BCUT2D eigenvalue weighted by Crippen LogP contribution is -2.35. The monoisotopic (exact) mass is 381 g/mol. The van der Waals surface area contributed by atoms with Gasteiger partial charge in [-0.25, -0.2) is 0 Å². The number of rotatable bonds is 6. The molecule has 4 rings (SSSR count). The van der Waals surface area contributed by atoms with Crippen LogP contribution in [0.5, 0.6) is 6.01 Å². The van der Waals surface area contributed by atoms with E-state index in [0.717, 1.165) is 38.2 Å². The van der Waals surface area contributed by atoms with Crippen LogP contribution >= 0.6 is 11.6 Å². The van der Waals surface area contributed by atoms with Gasteiger partial charge in [-0.3, -0.25) is 9.47 Å². The molecule has 140 valence electrons. The van der Waals surface area contributed by atoms with Crippen LogP contribution in [0.2, 0.25) is 5.15 Å². The van der Waals surface area contributed by atoms with Crippen LogP contribution in [0.3, 0.4) is 0 Å². The number of nitrogens with zero attached hydrogens (tertiary/aromatic N) is 3. The fourth-order valence-electron chi connectivity index (χ4n) is 3.56. The van der Waals surface area contributed by atoms with Gasteiger partial charge in [-0.1, -0.05) is 60.1 Å². The van der Waals surface area contributed by atoms with E-state index in [1.807, 2.05) is 34.9 Å². The van der Waals surface area contributed by atoms with E-state index in [0.29, 0.717) is 23.7 Å². The van der Waals surface area contributed by atoms with Gasteiger partial charge in [-0.05, 0) is 49.5 Å². The average Bonchev–Trinajstić information content (AvgIpc) is 3.09. The maximum Gasteiger partial charge on any atom is 0.302 e. The molecule has 3 aromatic rings. The standard InChI is InChI=1S/C22H24ClN3O/c23-21-16-26(20-9-5-2-6-10-20)22(24-21)27-17-19-11-13-25(14-12-19)15-18-7-3-1-4-8-18/h1-10,16,19H,11-15,17H2. The number of ether oxygens (including phenoxy) is 1. The van der Waals surface area contributed by atoms with Crippen molar-refractivity contribution in [2.24, 2.45) is 5.92 Å². The van der Waals surface area contributed by atoms with E-state index >= 15 is 0 Å². The number of imidazole rings is 1. The van der Waals surface area contributed by atoms with Gasteiger partial charge in [0, 0.05) is 6.54 Å². The zero-order chi connectivity index (χ0) is 18.5. The largest absolute Gasteiger partial charge is 0.464 e. The number of hydrogen-bond acceptors (Lipinski definition) is 3. The zero-order valence-corrected chi connectivity index (χ0v) is 16.1. The van der Waals surface area contributed by atoms with Crippen molar-refractivity contribution in [2.45, 2.75) is 19.4 Å². The summed E-state index contributed by atoms with van der Waals surface area (Å²) in [4.78, 5) is 6.86. The van der Waals surface area contributed by atoms with Crippen LogP contribution in [0.4, 0.5) is 0 Å². The Morgan fingerprint density at radius 1 is 0.963 bits per heavy atom. The summed E-state index contributed by atoms with van der Waals surface area (Å²) in [5, 5.41) is 0.450. The molecule has 0 aliphatic carbocycles. The fourth-order valence-corrected chi connectivity index (χ4v) is 3.73. The Morgan fingerprint density at radius 3 is 2.33 bits per heavy atom. The summed E-state index contributed by atoms with van der Waals surface area (Å²) in [5.74, 6) is 0.553. The first kappa shape index (κ1) is 18.1. The third kappa shape index (κ3) is 4.71. The number of benzene rings is 2. The van der Waals surface area contributed by atoms with Gasteiger partial charge in [-0.15, -0.1) is 0 Å². The summed E-state index contributed by atoms with van der Waals surface area (Å²) in [6, 6.07) is 21.3. The summed E-state index contributed by atoms with van der Waals surface area (Å²) in [7, 11) is 0. The minimum Gasteiger partial charge on any atom is -0.464 e. The molecule has 0 saturated carbocycles. The van der Waals surface area contributed by atoms with Gasteiger partial charge in [0.1, 0.15) is 0 Å². The molecule has 0 spiro atoms. The summed E-state index contributed by atoms with van der Waals surface area (Å²) >= 11 is 6.11. The fraction of sp³-hybridized carbons (Fsp3) is 0.318. The van der Waals surface area contributed by atoms with Crippen molar-refractivity contribution in [3.8, 4) is 11.7 Å². The molecule has 5 heteroatoms. The minimum atomic E-state index is 0.450. The number of piperidine rings is 1. The summed E-state index contributed by atoms with van der Waals surface area (Å²) in [5.41, 5.74) is 2.39. The Labute approximate surface area is 165 Å². The van der Waals surface area contributed by atoms with Crippen LogP contribution in [0, 0.1) is 5.92 Å². The molecule has 1 fully saturated rings. The van der Waals surface area contributed by atoms with E-state index in [9.17, 15) is 0 Å². The lowest BCUT2D eigenvalue weighted by molar-refractivity contribution is 0.131. The molecule has 1 aliphatic rings. The van der Waals surface area contributed by atoms with Crippen molar-refractivity contribution in [1.29, 1.82) is 0 Å². The molecule has 0 unspecified atom stereocenters. The molecule has 4 nitrogen and oxygen atoms in total. The molecular formula is C22H24ClN3O. The van der Waals surface area contributed by atoms with Crippen molar-refractivity contribution in [3.05, 3.63) is 77.6 Å². The lowest BCUT2D eigenvalue weighted by atomic mass is 9.97. The molecule has 1 saturated heterocycles. The maximum absolute atomic E-state index is 6.11. The summed E-state index contributed by atoms with van der Waals surface area (Å²) in [6.07, 6.45) is 4.09. The van der Waals surface area contributed by atoms with E-state index in [4.69, 9.17) is 16.3 Å². The Morgan fingerprint density at radius 2 is 1.63 bits per heavy atom. The number of aromatic nitrogens is 2. The van der Waals surface area contributed by atoms with Gasteiger partial charge < -0.3 is 4.74 Å². The van der Waals surface area contributed by atoms with Gasteiger partial charge >= 0.3 is 6.01 Å². The highest BCUT2D eigenvalue weighted by Gasteiger charge is 2.21. The normalized spacial score (nSPS) is 15.7. The van der Waals surface area contributed by atoms with Gasteiger partial charge in [0.2, 0.25) is 0 Å². The molecular weight excluding hydrogens is 358 g/mol. The third-order valence-electron chi connectivity index (χ3n) is 5.08. The minimum absolute atomic E-state index is 0.450. The average molecular weight is 382 g/mol. The molecule has 2 aromatic carbocycles. The van der Waals surface area contributed by atoms with E-state index in [1.165, 1.54) is 5.56 Å². The quantitative estimate of drug-likeness (QED) is 0.613. The SMILES string of the molecule is Clc1cn(-c2ccccc2)c(OCC2CCN(Cc3ccccc3)CC2)n1. The van der Waals surface area contributed by atoms with Gasteiger partial charge in [0.05, 0.1) is 18.5 Å². The molecule has 27 heavy (non-hydrogen) atoms. The van der Waals surface area contributed by atoms with Crippen LogP contribution in [-0.4, -0.2) is 34.1 Å². The van der Waals surface area contributed by atoms with Crippen LogP contribution in [0.15, 0.2) is 66.9 Å². The van der Waals surface area contributed by atoms with Gasteiger partial charge in [-0.2, -0.15) is 4.98 Å². The van der Waals surface area contributed by atoms with Crippen LogP contribution < -0.4 is 4.74 Å². The topological polar surface area (TPSA) is 30.3 Å². The second kappa shape index (κ2) is 8.59. The molecule has 1 aliphatic heterocycles. The molecule has 0 bridgehead atoms. The van der Waals surface area contributed by atoms with E-state index in [-0.39, 0.29) is 0 Å². The Kier molecular flexibility index (Phi) is 5.75. The van der Waals surface area contributed by atoms with Crippen LogP contribution in [0.25, 0.3) is 5.69 Å². The smallest absolute Gasteiger partial charge is 0.302 e. The third-order valence-corrected chi connectivity index (χ3v) is 5.26. The van der Waals surface area contributed by atoms with Crippen LogP contribution in [-0.2, 0) is 6.54 Å². The van der Waals surface area contributed by atoms with Crippen molar-refractivity contribution >= 4 is 11.6 Å². The highest BCUT2D eigenvalue weighted by molar-refractivity contribution is 6.29. The first-order chi connectivity index (χ1) is 13.3. The summed E-state index contributed by atoms with van der Waals surface area (Å²) < 4.78 is 7.96. The predicted molar refractivity (Wildman–Crippen MR) is 109 cm³/mol. The maximum atomic E-state index is 6.11. The number of likely N-dealkylation sites (tertiary alicyclic amines) is 1. The van der Waals surface area contributed by atoms with Crippen molar-refractivity contribution in [1.82, 2.24) is 14.5 Å². The Bertz CT molecular complexity index is 843. The molecule has 0 atom stereocenters. The second-order valence-electron chi connectivity index (χ2n) is 7.07. The van der Waals surface area contributed by atoms with Crippen molar-refractivity contribution < 1.29 is 4.74 Å². The number of halogens is 1. The van der Waals surface area contributed by atoms with Gasteiger partial charge in [0.25, 0.3) is 0 Å². The molecule has 1 aromatic heterocycles. The molecule has 2 heterocycles.